The molecule has 2 heteroatoms. The summed E-state index contributed by atoms with van der Waals surface area (Å²) >= 11 is 0. The van der Waals surface area contributed by atoms with Crippen molar-refractivity contribution in [1.29, 1.82) is 0 Å². The molecule has 51 heavy (non-hydrogen) atoms. The summed E-state index contributed by atoms with van der Waals surface area (Å²) < 4.78 is 0. The van der Waals surface area contributed by atoms with Gasteiger partial charge in [0, 0.05) is 0 Å². The van der Waals surface area contributed by atoms with Gasteiger partial charge in [-0.1, -0.05) is 194 Å². The first-order chi connectivity index (χ1) is 25.3. The Labute approximate surface area is 302 Å². The van der Waals surface area contributed by atoms with E-state index in [0.29, 0.717) is 0 Å². The maximum absolute atomic E-state index is 2.58. The average molecular weight is 685 g/mol. The van der Waals surface area contributed by atoms with E-state index >= 15 is 0 Å². The fourth-order valence-corrected chi connectivity index (χ4v) is 13.2. The van der Waals surface area contributed by atoms with E-state index in [9.17, 15) is 0 Å². The molecule has 8 aromatic carbocycles. The van der Waals surface area contributed by atoms with Gasteiger partial charge in [-0.15, -0.1) is 0 Å². The second-order valence-electron chi connectivity index (χ2n) is 13.3. The second kappa shape index (κ2) is 12.4. The molecule has 2 aliphatic rings. The van der Waals surface area contributed by atoms with Crippen molar-refractivity contribution in [1.82, 2.24) is 0 Å². The molecule has 8 aromatic rings. The normalized spacial score (nSPS) is 13.2. The van der Waals surface area contributed by atoms with Gasteiger partial charge in [-0.05, 0) is 104 Å². The Morgan fingerprint density at radius 3 is 0.882 bits per heavy atom. The van der Waals surface area contributed by atoms with E-state index in [0.717, 1.165) is 0 Å². The van der Waals surface area contributed by atoms with Crippen LogP contribution in [0, 0.1) is 0 Å². The van der Waals surface area contributed by atoms with Crippen LogP contribution in [0.15, 0.2) is 206 Å². The van der Waals surface area contributed by atoms with Gasteiger partial charge in [0.2, 0.25) is 0 Å². The second-order valence-corrected chi connectivity index (χ2v) is 17.8. The Bertz CT molecular complexity index is 2270. The van der Waals surface area contributed by atoms with E-state index in [1.165, 1.54) is 76.3 Å². The Hall–Kier alpha value is -5.38. The van der Waals surface area contributed by atoms with Crippen LogP contribution in [-0.2, 0) is 5.41 Å². The molecule has 2 aliphatic carbocycles. The summed E-state index contributed by atoms with van der Waals surface area (Å²) in [6.45, 7) is 0. The van der Waals surface area contributed by atoms with Crippen LogP contribution in [0.5, 0.6) is 0 Å². The van der Waals surface area contributed by atoms with Gasteiger partial charge in [-0.3, -0.25) is 0 Å². The summed E-state index contributed by atoms with van der Waals surface area (Å²) in [6.07, 6.45) is 0. The molecular weight excluding hydrogens is 650 g/mol. The minimum absolute atomic E-state index is 0.424. The Morgan fingerprint density at radius 1 is 0.235 bits per heavy atom. The monoisotopic (exact) mass is 684 g/mol. The van der Waals surface area contributed by atoms with Gasteiger partial charge in [-0.25, -0.2) is 0 Å². The minimum Gasteiger partial charge on any atom is -0.0622 e. The maximum atomic E-state index is 2.58. The first kappa shape index (κ1) is 30.4. The van der Waals surface area contributed by atoms with Crippen LogP contribution in [0.25, 0.3) is 22.3 Å². The van der Waals surface area contributed by atoms with Crippen LogP contribution in [0.3, 0.4) is 0 Å². The first-order valence-electron chi connectivity index (χ1n) is 17.6. The highest BCUT2D eigenvalue weighted by Crippen LogP contribution is 2.63. The van der Waals surface area contributed by atoms with Gasteiger partial charge in [-0.2, -0.15) is 0 Å². The predicted molar refractivity (Wildman–Crippen MR) is 220 cm³/mol. The molecule has 10 rings (SSSR count). The highest BCUT2D eigenvalue weighted by molar-refractivity contribution is 7.80. The summed E-state index contributed by atoms with van der Waals surface area (Å²) in [6, 6.07) is 77.5. The Morgan fingerprint density at radius 2 is 0.529 bits per heavy atom. The molecule has 0 N–H and O–H groups in total. The maximum Gasteiger partial charge on any atom is 0.0726 e. The van der Waals surface area contributed by atoms with Gasteiger partial charge < -0.3 is 0 Å². The Balaban J connectivity index is 1.26. The van der Waals surface area contributed by atoms with Crippen molar-refractivity contribution in [2.75, 3.05) is 0 Å². The number of hydrogen-bond donors (Lipinski definition) is 0. The molecule has 0 aromatic heterocycles. The quantitative estimate of drug-likeness (QED) is 0.153. The lowest BCUT2D eigenvalue weighted by molar-refractivity contribution is 0.795. The lowest BCUT2D eigenvalue weighted by atomic mass is 9.70. The Kier molecular flexibility index (Phi) is 7.42. The zero-order valence-corrected chi connectivity index (χ0v) is 29.8. The summed E-state index contributed by atoms with van der Waals surface area (Å²) in [5.74, 6) is 0. The first-order valence-corrected chi connectivity index (χ1v) is 20.3. The SMILES string of the molecule is c1ccc(P(c2ccccc2)c2ccc3c(c2)C2(c4ccccc4-3)c3ccccc3-c3ccc(P(c4ccccc4)c4ccccc4)cc32)cc1. The summed E-state index contributed by atoms with van der Waals surface area (Å²) in [5.41, 5.74) is 10.5. The van der Waals surface area contributed by atoms with Crippen LogP contribution in [0.4, 0.5) is 0 Å². The lowest BCUT2D eigenvalue weighted by Gasteiger charge is -2.32. The van der Waals surface area contributed by atoms with Crippen LogP contribution in [0.1, 0.15) is 22.3 Å². The van der Waals surface area contributed by atoms with E-state index in [-0.39, 0.29) is 0 Å². The molecule has 0 nitrogen and oxygen atoms in total. The van der Waals surface area contributed by atoms with E-state index in [1.54, 1.807) is 0 Å². The zero-order chi connectivity index (χ0) is 33.8. The predicted octanol–water partition coefficient (Wildman–Crippen LogP) is 9.55. The minimum atomic E-state index is -0.768. The molecule has 0 fully saturated rings. The number of benzene rings is 8. The zero-order valence-electron chi connectivity index (χ0n) is 28.0. The van der Waals surface area contributed by atoms with Crippen LogP contribution < -0.4 is 31.8 Å². The van der Waals surface area contributed by atoms with Gasteiger partial charge >= 0.3 is 0 Å². The highest BCUT2D eigenvalue weighted by atomic mass is 31.1. The van der Waals surface area contributed by atoms with Crippen LogP contribution in [-0.4, -0.2) is 0 Å². The van der Waals surface area contributed by atoms with Crippen molar-refractivity contribution >= 4 is 47.7 Å². The van der Waals surface area contributed by atoms with Crippen molar-refractivity contribution in [3.8, 4) is 22.3 Å². The molecule has 1 spiro atoms. The fourth-order valence-electron chi connectivity index (χ4n) is 8.60. The molecule has 240 valence electrons. The molecule has 0 radical (unpaired) electrons. The molecule has 0 bridgehead atoms. The van der Waals surface area contributed by atoms with Crippen molar-refractivity contribution < 1.29 is 0 Å². The molecular formula is C49H34P2. The highest BCUT2D eigenvalue weighted by Gasteiger charge is 2.52. The topological polar surface area (TPSA) is 0 Å². The molecule has 0 saturated carbocycles. The van der Waals surface area contributed by atoms with Crippen molar-refractivity contribution in [3.63, 3.8) is 0 Å². The number of fused-ring (bicyclic) bond motifs is 10. The molecule has 0 saturated heterocycles. The van der Waals surface area contributed by atoms with Gasteiger partial charge in [0.25, 0.3) is 0 Å². The largest absolute Gasteiger partial charge is 0.0726 e. The summed E-state index contributed by atoms with van der Waals surface area (Å²) in [7, 11) is -1.54. The third-order valence-corrected chi connectivity index (χ3v) is 15.5. The van der Waals surface area contributed by atoms with Gasteiger partial charge in [0.05, 0.1) is 5.41 Å². The fraction of sp³-hybridized carbons (Fsp3) is 0.0204. The van der Waals surface area contributed by atoms with Gasteiger partial charge in [0.1, 0.15) is 0 Å². The average Bonchev–Trinajstić information content (AvgIpc) is 3.67. The van der Waals surface area contributed by atoms with Crippen LogP contribution >= 0.6 is 15.8 Å². The van der Waals surface area contributed by atoms with Crippen molar-refractivity contribution in [2.24, 2.45) is 0 Å². The standard InChI is InChI=1S/C49H34P2/c1-5-17-35(18-6-1)50(36-19-7-2-8-20-36)39-29-31-43-41-25-13-15-27-45(41)49(47(43)33-39)46-28-16-14-26-42(46)44-32-30-40(34-48(44)49)51(37-21-9-3-10-22-37)38-23-11-4-12-24-38/h1-34H. The van der Waals surface area contributed by atoms with Crippen molar-refractivity contribution in [2.45, 2.75) is 5.41 Å². The molecule has 0 unspecified atom stereocenters. The summed E-state index contributed by atoms with van der Waals surface area (Å²) in [4.78, 5) is 0. The van der Waals surface area contributed by atoms with E-state index < -0.39 is 21.3 Å². The number of rotatable bonds is 6. The molecule has 0 aliphatic heterocycles. The summed E-state index contributed by atoms with van der Waals surface area (Å²) in [5, 5.41) is 8.24. The van der Waals surface area contributed by atoms with Crippen LogP contribution in [0.2, 0.25) is 0 Å². The molecule has 0 heterocycles. The molecule has 0 amide bonds. The third kappa shape index (κ3) is 4.75. The van der Waals surface area contributed by atoms with E-state index in [2.05, 4.69) is 206 Å². The van der Waals surface area contributed by atoms with Gasteiger partial charge in [0.15, 0.2) is 0 Å². The van der Waals surface area contributed by atoms with E-state index in [1.807, 2.05) is 0 Å². The number of hydrogen-bond acceptors (Lipinski definition) is 0. The van der Waals surface area contributed by atoms with E-state index in [4.69, 9.17) is 0 Å². The van der Waals surface area contributed by atoms with Crippen molar-refractivity contribution in [3.05, 3.63) is 229 Å². The third-order valence-electron chi connectivity index (χ3n) is 10.6. The smallest absolute Gasteiger partial charge is 0.0622 e. The molecule has 0 atom stereocenters. The lowest BCUT2D eigenvalue weighted by Crippen LogP contribution is -2.29.